The van der Waals surface area contributed by atoms with Crippen molar-refractivity contribution < 1.29 is 42.9 Å². The van der Waals surface area contributed by atoms with Crippen LogP contribution in [0.3, 0.4) is 0 Å². The van der Waals surface area contributed by atoms with Gasteiger partial charge in [0.2, 0.25) is 0 Å². The molecule has 14 heteroatoms. The highest BCUT2D eigenvalue weighted by atomic mass is 16.7. The molecule has 0 bridgehead atoms. The number of ether oxygens (including phenoxy) is 5. The fourth-order valence-corrected chi connectivity index (χ4v) is 3.33. The normalized spacial score (nSPS) is 23.8. The van der Waals surface area contributed by atoms with Gasteiger partial charge in [-0.25, -0.2) is 4.79 Å². The third kappa shape index (κ3) is 6.26. The van der Waals surface area contributed by atoms with Crippen LogP contribution >= 0.6 is 0 Å². The lowest BCUT2D eigenvalue weighted by molar-refractivity contribution is -0.175. The zero-order valence-electron chi connectivity index (χ0n) is 18.3. The van der Waals surface area contributed by atoms with Crippen molar-refractivity contribution in [3.8, 4) is 0 Å². The third-order valence-corrected chi connectivity index (χ3v) is 4.49. The Labute approximate surface area is 186 Å². The summed E-state index contributed by atoms with van der Waals surface area (Å²) in [5.41, 5.74) is 4.33. The molecule has 14 nitrogen and oxygen atoms in total. The Bertz CT molecular complexity index is 1020. The summed E-state index contributed by atoms with van der Waals surface area (Å²) in [5.74, 6) is -3.43. The minimum absolute atomic E-state index is 0.0241. The Morgan fingerprint density at radius 1 is 1.09 bits per heavy atom. The molecule has 33 heavy (non-hydrogen) atoms. The number of aromatic amines is 1. The molecule has 1 aliphatic heterocycles. The molecule has 1 aromatic rings. The van der Waals surface area contributed by atoms with Crippen molar-refractivity contribution in [3.63, 3.8) is 0 Å². The molecular formula is C19H25N3O11. The molecule has 182 valence electrons. The Hall–Kier alpha value is -3.52. The van der Waals surface area contributed by atoms with Gasteiger partial charge in [0.25, 0.3) is 5.56 Å². The molecule has 1 aromatic heterocycles. The summed E-state index contributed by atoms with van der Waals surface area (Å²) >= 11 is 0. The van der Waals surface area contributed by atoms with Gasteiger partial charge in [-0.2, -0.15) is 0 Å². The second kappa shape index (κ2) is 10.9. The number of carbonyl (C=O) groups is 4. The van der Waals surface area contributed by atoms with Gasteiger partial charge >= 0.3 is 29.6 Å². The predicted molar refractivity (Wildman–Crippen MR) is 107 cm³/mol. The quantitative estimate of drug-likeness (QED) is 0.317. The zero-order chi connectivity index (χ0) is 24.9. The predicted octanol–water partition coefficient (Wildman–Crippen LogP) is -1.88. The fraction of sp³-hybridized carbons (Fsp3) is 0.579. The highest BCUT2D eigenvalue weighted by Gasteiger charge is 2.56. The summed E-state index contributed by atoms with van der Waals surface area (Å²) in [6.07, 6.45) is -6.30. The molecule has 0 radical (unpaired) electrons. The first-order chi connectivity index (χ1) is 15.5. The number of esters is 4. The summed E-state index contributed by atoms with van der Waals surface area (Å²) < 4.78 is 27.3. The van der Waals surface area contributed by atoms with Crippen LogP contribution in [0, 0.1) is 0 Å². The number of hydrogen-bond donors (Lipinski definition) is 2. The number of nitrogens with two attached hydrogens (primary N) is 1. The lowest BCUT2D eigenvalue weighted by Gasteiger charge is -2.30. The molecule has 1 aliphatic rings. The van der Waals surface area contributed by atoms with Crippen LogP contribution in [-0.2, 0) is 42.9 Å². The summed E-state index contributed by atoms with van der Waals surface area (Å²) in [5, 5.41) is 0. The standard InChI is InChI=1S/C19H25N3O11/c1-5-29-18(27)12(20)13(30-8(2)23)14-15(31-9(3)24)16(32-10(4)25)17(33-14)22-7-6-11(26)21-19(22)28/h6-7,12-17H,5,20H2,1-4H3,(H,21,26,28). The molecule has 0 aliphatic carbocycles. The number of carbonyl (C=O) groups excluding carboxylic acids is 4. The minimum Gasteiger partial charge on any atom is -0.465 e. The van der Waals surface area contributed by atoms with Crippen LogP contribution in [0.25, 0.3) is 0 Å². The molecule has 6 unspecified atom stereocenters. The summed E-state index contributed by atoms with van der Waals surface area (Å²) in [6.45, 7) is 4.69. The van der Waals surface area contributed by atoms with E-state index < -0.39 is 71.8 Å². The van der Waals surface area contributed by atoms with E-state index in [0.717, 1.165) is 37.6 Å². The molecule has 0 saturated carbocycles. The van der Waals surface area contributed by atoms with E-state index in [2.05, 4.69) is 0 Å². The summed E-state index contributed by atoms with van der Waals surface area (Å²) in [6, 6.07) is -0.571. The van der Waals surface area contributed by atoms with Gasteiger partial charge in [-0.3, -0.25) is 33.5 Å². The van der Waals surface area contributed by atoms with Crippen molar-refractivity contribution in [1.82, 2.24) is 9.55 Å². The van der Waals surface area contributed by atoms with E-state index >= 15 is 0 Å². The van der Waals surface area contributed by atoms with Crippen molar-refractivity contribution in [2.75, 3.05) is 6.61 Å². The largest absolute Gasteiger partial charge is 0.465 e. The average Bonchev–Trinajstić information content (AvgIpc) is 3.02. The number of nitrogens with one attached hydrogen (secondary N) is 1. The van der Waals surface area contributed by atoms with E-state index in [4.69, 9.17) is 29.4 Å². The highest BCUT2D eigenvalue weighted by Crippen LogP contribution is 2.36. The average molecular weight is 471 g/mol. The van der Waals surface area contributed by atoms with Gasteiger partial charge in [-0.1, -0.05) is 0 Å². The monoisotopic (exact) mass is 471 g/mol. The number of nitrogens with zero attached hydrogens (tertiary/aromatic N) is 1. The van der Waals surface area contributed by atoms with Gasteiger partial charge in [-0.05, 0) is 6.92 Å². The molecule has 6 atom stereocenters. The topological polar surface area (TPSA) is 195 Å². The minimum atomic E-state index is -1.58. The second-order valence-electron chi connectivity index (χ2n) is 7.01. The molecule has 0 spiro atoms. The molecule has 2 heterocycles. The van der Waals surface area contributed by atoms with Gasteiger partial charge in [0.15, 0.2) is 24.5 Å². The lowest BCUT2D eigenvalue weighted by Crippen LogP contribution is -2.55. The molecule has 2 rings (SSSR count). The van der Waals surface area contributed by atoms with Crippen molar-refractivity contribution in [2.24, 2.45) is 5.73 Å². The molecule has 1 fully saturated rings. The first-order valence-electron chi connectivity index (χ1n) is 9.87. The van der Waals surface area contributed by atoms with Crippen molar-refractivity contribution >= 4 is 23.9 Å². The Kier molecular flexibility index (Phi) is 8.48. The third-order valence-electron chi connectivity index (χ3n) is 4.49. The zero-order valence-corrected chi connectivity index (χ0v) is 18.3. The molecule has 3 N–H and O–H groups in total. The van der Waals surface area contributed by atoms with Crippen LogP contribution in [-0.4, -0.2) is 70.5 Å². The van der Waals surface area contributed by atoms with E-state index in [1.165, 1.54) is 6.92 Å². The molecule has 0 amide bonds. The number of H-pyrrole nitrogens is 1. The van der Waals surface area contributed by atoms with Crippen molar-refractivity contribution in [3.05, 3.63) is 33.1 Å². The van der Waals surface area contributed by atoms with Gasteiger partial charge < -0.3 is 29.4 Å². The second-order valence-corrected chi connectivity index (χ2v) is 7.01. The maximum atomic E-state index is 12.4. The van der Waals surface area contributed by atoms with E-state index in [0.29, 0.717) is 0 Å². The first-order valence-corrected chi connectivity index (χ1v) is 9.87. The number of hydrogen-bond acceptors (Lipinski definition) is 12. The van der Waals surface area contributed by atoms with Crippen LogP contribution in [0.1, 0.15) is 33.9 Å². The van der Waals surface area contributed by atoms with Crippen LogP contribution in [0.4, 0.5) is 0 Å². The van der Waals surface area contributed by atoms with Crippen LogP contribution in [0.5, 0.6) is 0 Å². The van der Waals surface area contributed by atoms with E-state index in [1.807, 2.05) is 4.98 Å². The van der Waals surface area contributed by atoms with E-state index in [9.17, 15) is 28.8 Å². The summed E-state index contributed by atoms with van der Waals surface area (Å²) in [4.78, 5) is 73.5. The number of rotatable bonds is 8. The van der Waals surface area contributed by atoms with Gasteiger partial charge in [-0.15, -0.1) is 0 Å². The van der Waals surface area contributed by atoms with Crippen LogP contribution in [0.2, 0.25) is 0 Å². The summed E-state index contributed by atoms with van der Waals surface area (Å²) in [7, 11) is 0. The van der Waals surface area contributed by atoms with Crippen LogP contribution < -0.4 is 17.0 Å². The van der Waals surface area contributed by atoms with Gasteiger partial charge in [0.1, 0.15) is 12.1 Å². The first kappa shape index (κ1) is 25.7. The molecule has 0 aromatic carbocycles. The fourth-order valence-electron chi connectivity index (χ4n) is 3.33. The maximum absolute atomic E-state index is 12.4. The molecule has 1 saturated heterocycles. The smallest absolute Gasteiger partial charge is 0.330 e. The Morgan fingerprint density at radius 2 is 1.70 bits per heavy atom. The SMILES string of the molecule is CCOC(=O)C(N)C(OC(C)=O)C1OC(n2ccc(=O)[nH]c2=O)C(OC(C)=O)C1OC(C)=O. The van der Waals surface area contributed by atoms with Crippen molar-refractivity contribution in [1.29, 1.82) is 0 Å². The highest BCUT2D eigenvalue weighted by molar-refractivity contribution is 5.77. The Balaban J connectivity index is 2.60. The van der Waals surface area contributed by atoms with E-state index in [-0.39, 0.29) is 6.61 Å². The van der Waals surface area contributed by atoms with Gasteiger partial charge in [0.05, 0.1) is 6.61 Å². The van der Waals surface area contributed by atoms with E-state index in [1.54, 1.807) is 0 Å². The number of aromatic nitrogens is 2. The van der Waals surface area contributed by atoms with Crippen molar-refractivity contribution in [2.45, 2.75) is 64.4 Å². The lowest BCUT2D eigenvalue weighted by atomic mass is 9.99. The Morgan fingerprint density at radius 3 is 2.21 bits per heavy atom. The van der Waals surface area contributed by atoms with Crippen LogP contribution in [0.15, 0.2) is 21.9 Å². The molecular weight excluding hydrogens is 446 g/mol. The maximum Gasteiger partial charge on any atom is 0.330 e. The van der Waals surface area contributed by atoms with Gasteiger partial charge in [0, 0.05) is 33.0 Å².